The van der Waals surface area contributed by atoms with E-state index in [0.29, 0.717) is 5.69 Å². The first-order chi connectivity index (χ1) is 9.00. The summed E-state index contributed by atoms with van der Waals surface area (Å²) in [6.45, 7) is 0. The predicted molar refractivity (Wildman–Crippen MR) is 57.2 cm³/mol. The van der Waals surface area contributed by atoms with E-state index in [1.165, 1.54) is 5.51 Å². The number of aromatic amines is 1. The Morgan fingerprint density at radius 3 is 3.14 bits per heavy atom. The molecule has 1 aromatic carbocycles. The van der Waals surface area contributed by atoms with E-state index in [9.17, 15) is 0 Å². The van der Waals surface area contributed by atoms with Gasteiger partial charge in [-0.1, -0.05) is 12.1 Å². The Morgan fingerprint density at radius 1 is 1.36 bits per heavy atom. The number of nitrogens with one attached hydrogen (secondary N) is 1. The Morgan fingerprint density at radius 2 is 2.29 bits per heavy atom. The largest absolute Gasteiger partial charge is 0.337 e. The maximum atomic E-state index is 7.79. The van der Waals surface area contributed by atoms with Crippen molar-refractivity contribution in [2.24, 2.45) is 0 Å². The van der Waals surface area contributed by atoms with Crippen LogP contribution in [0.25, 0.3) is 22.6 Å². The molecule has 0 fully saturated rings. The van der Waals surface area contributed by atoms with Gasteiger partial charge in [0.15, 0.2) is 5.82 Å². The van der Waals surface area contributed by atoms with Crippen LogP contribution in [0.3, 0.4) is 0 Å². The summed E-state index contributed by atoms with van der Waals surface area (Å²) >= 11 is 1.15. The number of benzene rings is 1. The summed E-state index contributed by atoms with van der Waals surface area (Å²) in [5.74, 6) is 0.285. The zero-order valence-corrected chi connectivity index (χ0v) is 7.70. The summed E-state index contributed by atoms with van der Waals surface area (Å²) in [4.78, 5) is 11.0. The first kappa shape index (κ1) is 4.23. The molecular formula is C10H7N3S. The first-order valence-corrected chi connectivity index (χ1v) is 4.75. The highest BCUT2D eigenvalue weighted by Gasteiger charge is 2.05. The molecule has 14 heavy (non-hydrogen) atoms. The van der Waals surface area contributed by atoms with E-state index < -0.39 is 0 Å². The van der Waals surface area contributed by atoms with E-state index in [1.807, 2.05) is 0 Å². The van der Waals surface area contributed by atoms with Crippen LogP contribution in [0.4, 0.5) is 0 Å². The fraction of sp³-hybridized carbons (Fsp3) is 0. The average molecular weight is 206 g/mol. The Labute approximate surface area is 91.5 Å². The van der Waals surface area contributed by atoms with Crippen molar-refractivity contribution in [2.75, 3.05) is 0 Å². The average Bonchev–Trinajstić information content (AvgIpc) is 2.99. The minimum atomic E-state index is -0.320. The van der Waals surface area contributed by atoms with Crippen molar-refractivity contribution in [3.8, 4) is 11.5 Å². The molecule has 0 aliphatic heterocycles. The molecule has 0 bridgehead atoms. The number of thiazole rings is 1. The Balaban J connectivity index is 2.36. The zero-order chi connectivity index (χ0) is 13.7. The fourth-order valence-electron chi connectivity index (χ4n) is 1.15. The molecule has 0 atom stereocenters. The number of para-hydroxylation sites is 2. The molecule has 0 saturated heterocycles. The van der Waals surface area contributed by atoms with Gasteiger partial charge in [0, 0.05) is 5.36 Å². The number of hydrogen-bond donors (Lipinski definition) is 1. The van der Waals surface area contributed by atoms with Crippen LogP contribution in [0, 0.1) is 0 Å². The van der Waals surface area contributed by atoms with E-state index in [2.05, 4.69) is 15.0 Å². The summed E-state index contributed by atoms with van der Waals surface area (Å²) in [5.41, 5.74) is 2.25. The first-order valence-electron chi connectivity index (χ1n) is 6.37. The lowest BCUT2D eigenvalue weighted by atomic mass is 10.3. The van der Waals surface area contributed by atoms with Crippen molar-refractivity contribution in [1.82, 2.24) is 15.0 Å². The Hall–Kier alpha value is -1.68. The number of rotatable bonds is 1. The third-order valence-corrected chi connectivity index (χ3v) is 2.27. The summed E-state index contributed by atoms with van der Waals surface area (Å²) < 4.78 is 38.4. The summed E-state index contributed by atoms with van der Waals surface area (Å²) in [7, 11) is 0. The van der Waals surface area contributed by atoms with E-state index in [-0.39, 0.29) is 46.4 Å². The van der Waals surface area contributed by atoms with Gasteiger partial charge in [-0.05, 0) is 12.1 Å². The van der Waals surface area contributed by atoms with Crippen LogP contribution in [0.2, 0.25) is 0 Å². The van der Waals surface area contributed by atoms with Gasteiger partial charge in [0.1, 0.15) is 5.69 Å². The van der Waals surface area contributed by atoms with Gasteiger partial charge in [-0.2, -0.15) is 0 Å². The van der Waals surface area contributed by atoms with Crippen LogP contribution in [-0.2, 0) is 0 Å². The van der Waals surface area contributed by atoms with Crippen LogP contribution in [0.15, 0.2) is 35.0 Å². The molecule has 0 saturated carbocycles. The molecule has 68 valence electrons. The van der Waals surface area contributed by atoms with Crippen molar-refractivity contribution in [3.63, 3.8) is 0 Å². The minimum Gasteiger partial charge on any atom is -0.337 e. The monoisotopic (exact) mass is 206 g/mol. The lowest BCUT2D eigenvalue weighted by Gasteiger charge is -1.84. The summed E-state index contributed by atoms with van der Waals surface area (Å²) in [6, 6.07) is -0.992. The van der Waals surface area contributed by atoms with E-state index >= 15 is 0 Å². The van der Waals surface area contributed by atoms with Crippen LogP contribution in [0.1, 0.15) is 6.85 Å². The van der Waals surface area contributed by atoms with Crippen LogP contribution in [0.5, 0.6) is 0 Å². The minimum absolute atomic E-state index is 0.161. The van der Waals surface area contributed by atoms with Crippen LogP contribution >= 0.6 is 11.3 Å². The number of H-pyrrole nitrogens is 1. The molecule has 0 radical (unpaired) electrons. The third kappa shape index (κ3) is 1.12. The van der Waals surface area contributed by atoms with Gasteiger partial charge in [0.25, 0.3) is 0 Å². The fourth-order valence-corrected chi connectivity index (χ4v) is 1.62. The summed E-state index contributed by atoms with van der Waals surface area (Å²) in [6.07, 6.45) is 0. The van der Waals surface area contributed by atoms with Crippen LogP contribution < -0.4 is 0 Å². The van der Waals surface area contributed by atoms with Gasteiger partial charge in [0.05, 0.1) is 23.4 Å². The molecule has 2 aromatic heterocycles. The second kappa shape index (κ2) is 2.92. The number of hydrogen-bond acceptors (Lipinski definition) is 3. The molecular weight excluding hydrogens is 194 g/mol. The number of fused-ring (bicyclic) bond motifs is 1. The van der Waals surface area contributed by atoms with Gasteiger partial charge in [-0.3, -0.25) is 0 Å². The maximum absolute atomic E-state index is 7.79. The topological polar surface area (TPSA) is 41.6 Å². The standard InChI is InChI=1S/C10H7N3S/c1-2-4-8-7(3-1)12-10(13-8)9-5-14-6-11-9/h1-6H,(H,12,13)/i1D,2D,3D,4D,5D. The molecule has 3 aromatic rings. The van der Waals surface area contributed by atoms with Crippen molar-refractivity contribution >= 4 is 22.4 Å². The zero-order valence-electron chi connectivity index (χ0n) is 11.9. The molecule has 1 N–H and O–H groups in total. The summed E-state index contributed by atoms with van der Waals surface area (Å²) in [5, 5.41) is 0.231. The maximum Gasteiger partial charge on any atom is 0.158 e. The Kier molecular flexibility index (Phi) is 0.882. The molecule has 0 aliphatic carbocycles. The third-order valence-electron chi connectivity index (χ3n) is 1.75. The molecule has 3 rings (SSSR count). The smallest absolute Gasteiger partial charge is 0.158 e. The molecule has 3 nitrogen and oxygen atoms in total. The van der Waals surface area contributed by atoms with Gasteiger partial charge >= 0.3 is 0 Å². The number of aromatic nitrogens is 3. The van der Waals surface area contributed by atoms with Crippen LogP contribution in [-0.4, -0.2) is 15.0 Å². The molecule has 4 heteroatoms. The number of imidazole rings is 1. The molecule has 0 spiro atoms. The van der Waals surface area contributed by atoms with E-state index in [1.54, 1.807) is 0 Å². The van der Waals surface area contributed by atoms with Gasteiger partial charge in [0.2, 0.25) is 0 Å². The molecule has 2 heterocycles. The van der Waals surface area contributed by atoms with Crippen molar-refractivity contribution in [1.29, 1.82) is 0 Å². The SMILES string of the molecule is [2H]c1scnc1-c1nc2c([2H])c([2H])c([2H])c([2H])c2[nH]1. The second-order valence-electron chi connectivity index (χ2n) is 2.61. The van der Waals surface area contributed by atoms with Gasteiger partial charge < -0.3 is 4.98 Å². The highest BCUT2D eigenvalue weighted by Crippen LogP contribution is 2.19. The predicted octanol–water partition coefficient (Wildman–Crippen LogP) is 2.69. The molecule has 0 aliphatic rings. The second-order valence-corrected chi connectivity index (χ2v) is 3.26. The van der Waals surface area contributed by atoms with Gasteiger partial charge in [-0.25, -0.2) is 9.97 Å². The van der Waals surface area contributed by atoms with E-state index in [4.69, 9.17) is 6.85 Å². The lowest BCUT2D eigenvalue weighted by Crippen LogP contribution is -1.77. The number of nitrogens with zero attached hydrogens (tertiary/aromatic N) is 2. The molecule has 0 unspecified atom stereocenters. The highest BCUT2D eigenvalue weighted by atomic mass is 32.1. The van der Waals surface area contributed by atoms with E-state index in [0.717, 1.165) is 11.3 Å². The quantitative estimate of drug-likeness (QED) is 0.665. The normalized spacial score (nSPS) is 15.9. The lowest BCUT2D eigenvalue weighted by molar-refractivity contribution is 1.27. The van der Waals surface area contributed by atoms with Gasteiger partial charge in [-0.15, -0.1) is 11.3 Å². The molecule has 0 amide bonds. The van der Waals surface area contributed by atoms with Crippen molar-refractivity contribution < 1.29 is 6.85 Å². The van der Waals surface area contributed by atoms with Crippen molar-refractivity contribution in [3.05, 3.63) is 35.0 Å². The van der Waals surface area contributed by atoms with Crippen molar-refractivity contribution in [2.45, 2.75) is 0 Å². The highest BCUT2D eigenvalue weighted by molar-refractivity contribution is 7.07. The Bertz CT molecular complexity index is 749.